The minimum absolute atomic E-state index is 0.222. The third-order valence-electron chi connectivity index (χ3n) is 6.51. The molecule has 3 aliphatic rings. The number of hydrogen-bond acceptors (Lipinski definition) is 5. The molecule has 1 atom stereocenters. The highest BCUT2D eigenvalue weighted by molar-refractivity contribution is 6.33. The molecule has 3 heterocycles. The van der Waals surface area contributed by atoms with E-state index in [9.17, 15) is 14.4 Å². The highest BCUT2D eigenvalue weighted by Crippen LogP contribution is 2.37. The molecule has 2 aromatic rings. The van der Waals surface area contributed by atoms with Gasteiger partial charge in [0.25, 0.3) is 5.91 Å². The number of hydrogen-bond donors (Lipinski definition) is 1. The summed E-state index contributed by atoms with van der Waals surface area (Å²) in [5.74, 6) is 0.141. The molecule has 0 spiro atoms. The Morgan fingerprint density at radius 3 is 2.59 bits per heavy atom. The third kappa shape index (κ3) is 3.87. The maximum Gasteiger partial charge on any atom is 0.255 e. The van der Waals surface area contributed by atoms with Crippen LogP contribution in [-0.2, 0) is 16.1 Å². The zero-order valence-electron chi connectivity index (χ0n) is 17.6. The Morgan fingerprint density at radius 1 is 1.06 bits per heavy atom. The second kappa shape index (κ2) is 8.56. The minimum atomic E-state index is -0.656. The average molecular weight is 454 g/mol. The predicted octanol–water partition coefficient (Wildman–Crippen LogP) is 2.58. The van der Waals surface area contributed by atoms with Crippen molar-refractivity contribution in [3.63, 3.8) is 0 Å². The maximum atomic E-state index is 12.8. The van der Waals surface area contributed by atoms with Crippen molar-refractivity contribution in [1.29, 1.82) is 0 Å². The number of benzene rings is 2. The number of nitrogens with one attached hydrogen (secondary N) is 1. The normalized spacial score (nSPS) is 21.3. The van der Waals surface area contributed by atoms with Gasteiger partial charge in [-0.05, 0) is 24.1 Å². The number of carbonyl (C=O) groups excluding carboxylic acids is 3. The lowest BCUT2D eigenvalue weighted by molar-refractivity contribution is -0.136. The summed E-state index contributed by atoms with van der Waals surface area (Å²) in [5.41, 5.74) is 2.53. The molecule has 2 fully saturated rings. The van der Waals surface area contributed by atoms with E-state index in [0.717, 1.165) is 19.6 Å². The van der Waals surface area contributed by atoms with Gasteiger partial charge in [0, 0.05) is 49.6 Å². The minimum Gasteiger partial charge on any atom is -0.491 e. The molecule has 0 aromatic heterocycles. The SMILES string of the molecule is O=C1CC[C@H](N2Cc3c(ccc(OCCN4CC(c5ccccc5)C4)c3Cl)C2=O)C(=O)N1. The van der Waals surface area contributed by atoms with Crippen LogP contribution in [0.4, 0.5) is 0 Å². The lowest BCUT2D eigenvalue weighted by atomic mass is 9.92. The van der Waals surface area contributed by atoms with Crippen LogP contribution in [-0.4, -0.2) is 59.8 Å². The number of nitrogens with zero attached hydrogens (tertiary/aromatic N) is 2. The summed E-state index contributed by atoms with van der Waals surface area (Å²) in [4.78, 5) is 40.3. The van der Waals surface area contributed by atoms with Gasteiger partial charge in [-0.3, -0.25) is 24.6 Å². The zero-order chi connectivity index (χ0) is 22.2. The first-order valence-corrected chi connectivity index (χ1v) is 11.2. The van der Waals surface area contributed by atoms with E-state index < -0.39 is 11.9 Å². The summed E-state index contributed by atoms with van der Waals surface area (Å²) < 4.78 is 5.93. The van der Waals surface area contributed by atoms with Crippen molar-refractivity contribution in [3.8, 4) is 5.75 Å². The fraction of sp³-hybridized carbons (Fsp3) is 0.375. The number of likely N-dealkylation sites (tertiary alicyclic amines) is 1. The van der Waals surface area contributed by atoms with Crippen molar-refractivity contribution in [2.75, 3.05) is 26.2 Å². The van der Waals surface area contributed by atoms with Crippen molar-refractivity contribution in [2.24, 2.45) is 0 Å². The van der Waals surface area contributed by atoms with E-state index in [1.165, 1.54) is 10.5 Å². The number of carbonyl (C=O) groups is 3. The first-order chi connectivity index (χ1) is 15.5. The average Bonchev–Trinajstić information content (AvgIpc) is 3.09. The Hall–Kier alpha value is -2.90. The van der Waals surface area contributed by atoms with E-state index in [1.807, 2.05) is 6.07 Å². The summed E-state index contributed by atoms with van der Waals surface area (Å²) in [5, 5.41) is 2.72. The smallest absolute Gasteiger partial charge is 0.255 e. The van der Waals surface area contributed by atoms with Crippen LogP contribution in [0.15, 0.2) is 42.5 Å². The number of imide groups is 1. The number of amides is 3. The number of fused-ring (bicyclic) bond motifs is 1. The second-order valence-electron chi connectivity index (χ2n) is 8.52. The van der Waals surface area contributed by atoms with Crippen LogP contribution in [0.1, 0.15) is 40.2 Å². The first-order valence-electron chi connectivity index (χ1n) is 10.9. The molecule has 0 bridgehead atoms. The van der Waals surface area contributed by atoms with Gasteiger partial charge >= 0.3 is 0 Å². The van der Waals surface area contributed by atoms with Crippen LogP contribution in [0.2, 0.25) is 5.02 Å². The molecule has 0 aliphatic carbocycles. The van der Waals surface area contributed by atoms with Gasteiger partial charge in [0.15, 0.2) is 0 Å². The van der Waals surface area contributed by atoms with Crippen LogP contribution in [0, 0.1) is 0 Å². The fourth-order valence-electron chi connectivity index (χ4n) is 4.67. The lowest BCUT2D eigenvalue weighted by Crippen LogP contribution is -2.52. The molecule has 166 valence electrons. The number of piperidine rings is 1. The molecule has 1 N–H and O–H groups in total. The van der Waals surface area contributed by atoms with Crippen LogP contribution in [0.25, 0.3) is 0 Å². The van der Waals surface area contributed by atoms with Crippen molar-refractivity contribution in [2.45, 2.75) is 31.3 Å². The second-order valence-corrected chi connectivity index (χ2v) is 8.90. The molecule has 3 amide bonds. The highest BCUT2D eigenvalue weighted by Gasteiger charge is 2.40. The third-order valence-corrected chi connectivity index (χ3v) is 6.92. The summed E-state index contributed by atoms with van der Waals surface area (Å²) in [6.45, 7) is 3.58. The van der Waals surface area contributed by atoms with Crippen LogP contribution >= 0.6 is 11.6 Å². The van der Waals surface area contributed by atoms with E-state index >= 15 is 0 Å². The summed E-state index contributed by atoms with van der Waals surface area (Å²) in [7, 11) is 0. The monoisotopic (exact) mass is 453 g/mol. The molecular formula is C24H24ClN3O4. The molecule has 7 nitrogen and oxygen atoms in total. The van der Waals surface area contributed by atoms with E-state index in [1.54, 1.807) is 12.1 Å². The Kier molecular flexibility index (Phi) is 5.61. The van der Waals surface area contributed by atoms with E-state index in [-0.39, 0.29) is 24.8 Å². The van der Waals surface area contributed by atoms with Crippen LogP contribution in [0.5, 0.6) is 5.75 Å². The standard InChI is InChI=1S/C24H24ClN3O4/c25-22-18-14-28(19-7-9-21(29)26-23(19)30)24(31)17(18)6-8-20(22)32-11-10-27-12-16(13-27)15-4-2-1-3-5-15/h1-6,8,16,19H,7,9-14H2,(H,26,29,30)/t19-/m0/s1. The summed E-state index contributed by atoms with van der Waals surface area (Å²) in [6, 6.07) is 13.3. The zero-order valence-corrected chi connectivity index (χ0v) is 18.3. The van der Waals surface area contributed by atoms with Crippen molar-refractivity contribution in [1.82, 2.24) is 15.1 Å². The Labute approximate surface area is 191 Å². The van der Waals surface area contributed by atoms with Crippen molar-refractivity contribution in [3.05, 3.63) is 64.2 Å². The summed E-state index contributed by atoms with van der Waals surface area (Å²) in [6.07, 6.45) is 0.547. The van der Waals surface area contributed by atoms with Crippen LogP contribution < -0.4 is 10.1 Å². The largest absolute Gasteiger partial charge is 0.491 e. The topological polar surface area (TPSA) is 79.0 Å². The first kappa shape index (κ1) is 21.0. The number of rotatable bonds is 6. The van der Waals surface area contributed by atoms with Crippen molar-refractivity contribution < 1.29 is 19.1 Å². The van der Waals surface area contributed by atoms with Gasteiger partial charge in [-0.1, -0.05) is 41.9 Å². The van der Waals surface area contributed by atoms with E-state index in [0.29, 0.717) is 40.8 Å². The number of halogens is 1. The predicted molar refractivity (Wildman–Crippen MR) is 119 cm³/mol. The van der Waals surface area contributed by atoms with Crippen LogP contribution in [0.3, 0.4) is 0 Å². The van der Waals surface area contributed by atoms with E-state index in [2.05, 4.69) is 34.5 Å². The van der Waals surface area contributed by atoms with Gasteiger partial charge in [-0.25, -0.2) is 0 Å². The summed E-state index contributed by atoms with van der Waals surface area (Å²) >= 11 is 6.58. The molecule has 0 unspecified atom stereocenters. The molecule has 0 radical (unpaired) electrons. The van der Waals surface area contributed by atoms with E-state index in [4.69, 9.17) is 16.3 Å². The van der Waals surface area contributed by atoms with Gasteiger partial charge < -0.3 is 9.64 Å². The molecule has 8 heteroatoms. The number of ether oxygens (including phenoxy) is 1. The Balaban J connectivity index is 1.17. The van der Waals surface area contributed by atoms with Gasteiger partial charge in [0.05, 0.1) is 5.02 Å². The Morgan fingerprint density at radius 2 is 1.84 bits per heavy atom. The van der Waals surface area contributed by atoms with Gasteiger partial charge in [-0.2, -0.15) is 0 Å². The highest BCUT2D eigenvalue weighted by atomic mass is 35.5. The van der Waals surface area contributed by atoms with Gasteiger partial charge in [0.1, 0.15) is 18.4 Å². The van der Waals surface area contributed by atoms with Gasteiger partial charge in [-0.15, -0.1) is 0 Å². The molecule has 32 heavy (non-hydrogen) atoms. The molecule has 3 aliphatic heterocycles. The molecule has 2 aromatic carbocycles. The fourth-order valence-corrected chi connectivity index (χ4v) is 4.95. The Bertz CT molecular complexity index is 1070. The van der Waals surface area contributed by atoms with Gasteiger partial charge in [0.2, 0.25) is 11.8 Å². The molecule has 0 saturated carbocycles. The quantitative estimate of drug-likeness (QED) is 0.680. The molecule has 5 rings (SSSR count). The lowest BCUT2D eigenvalue weighted by Gasteiger charge is -2.39. The molecular weight excluding hydrogens is 430 g/mol. The maximum absolute atomic E-state index is 12.8. The van der Waals surface area contributed by atoms with Crippen molar-refractivity contribution >= 4 is 29.3 Å². The molecule has 2 saturated heterocycles.